The summed E-state index contributed by atoms with van der Waals surface area (Å²) in [5.74, 6) is 0.540. The van der Waals surface area contributed by atoms with Crippen molar-refractivity contribution in [3.8, 4) is 5.75 Å². The van der Waals surface area contributed by atoms with Gasteiger partial charge in [0.1, 0.15) is 11.6 Å². The van der Waals surface area contributed by atoms with E-state index in [9.17, 15) is 9.18 Å². The number of benzene rings is 1. The van der Waals surface area contributed by atoms with Gasteiger partial charge in [-0.1, -0.05) is 0 Å². The summed E-state index contributed by atoms with van der Waals surface area (Å²) in [6.07, 6.45) is 5.94. The van der Waals surface area contributed by atoms with Crippen LogP contribution in [0.1, 0.15) is 42.1 Å². The van der Waals surface area contributed by atoms with E-state index in [1.54, 1.807) is 12.1 Å². The van der Waals surface area contributed by atoms with Crippen LogP contribution >= 0.6 is 0 Å². The van der Waals surface area contributed by atoms with E-state index < -0.39 is 6.04 Å². The first-order chi connectivity index (χ1) is 16.1. The average molecular weight is 452 g/mol. The molecule has 2 aliphatic rings. The number of nitrogens with zero attached hydrogens (tertiary/aromatic N) is 2. The van der Waals surface area contributed by atoms with Gasteiger partial charge in [0.25, 0.3) is 0 Å². The molecule has 8 heteroatoms. The molecule has 1 atom stereocenters. The number of rotatable bonds is 6. The Bertz CT molecular complexity index is 1190. The summed E-state index contributed by atoms with van der Waals surface area (Å²) < 4.78 is 20.3. The number of ether oxygens (including phenoxy) is 1. The minimum Gasteiger partial charge on any atom is -0.492 e. The lowest BCUT2D eigenvalue weighted by Crippen LogP contribution is -2.44. The smallest absolute Gasteiger partial charge is 0.248 e. The standard InChI is InChI=1S/C25H30FN5O2/c26-20-5-3-16-4-6-23(32)30-25(16)24(20)21(27)15-31-9-7-18(8-10-31)28-13-19-12-17-2-1-11-33-22(17)14-29-19/h3-6,12,14,18,21,28H,1-2,7-11,13,15,27H2,(H,30,32)/t21-/m1/s1. The van der Waals surface area contributed by atoms with E-state index in [-0.39, 0.29) is 11.4 Å². The molecule has 0 amide bonds. The van der Waals surface area contributed by atoms with Crippen LogP contribution in [-0.2, 0) is 13.0 Å². The number of nitrogens with two attached hydrogens (primary N) is 1. The average Bonchev–Trinajstić information content (AvgIpc) is 2.83. The quantitative estimate of drug-likeness (QED) is 0.533. The van der Waals surface area contributed by atoms with Gasteiger partial charge in [-0.2, -0.15) is 0 Å². The fraction of sp³-hybridized carbons (Fsp3) is 0.440. The molecule has 174 valence electrons. The molecular weight excluding hydrogens is 421 g/mol. The predicted octanol–water partition coefficient (Wildman–Crippen LogP) is 2.64. The maximum absolute atomic E-state index is 14.6. The van der Waals surface area contributed by atoms with Crippen molar-refractivity contribution in [1.29, 1.82) is 0 Å². The first kappa shape index (κ1) is 22.0. The maximum Gasteiger partial charge on any atom is 0.248 e. The molecular formula is C25H30FN5O2. The van der Waals surface area contributed by atoms with Gasteiger partial charge in [0.15, 0.2) is 0 Å². The Morgan fingerprint density at radius 2 is 2.09 bits per heavy atom. The van der Waals surface area contributed by atoms with Crippen LogP contribution in [0.5, 0.6) is 5.75 Å². The molecule has 4 heterocycles. The van der Waals surface area contributed by atoms with Gasteiger partial charge in [0, 0.05) is 36.8 Å². The topological polar surface area (TPSA) is 96.3 Å². The van der Waals surface area contributed by atoms with Crippen LogP contribution in [0.2, 0.25) is 0 Å². The number of aromatic amines is 1. The van der Waals surface area contributed by atoms with Gasteiger partial charge in [-0.05, 0) is 74.0 Å². The second-order valence-electron chi connectivity index (χ2n) is 9.05. The number of likely N-dealkylation sites (tertiary alicyclic amines) is 1. The molecule has 3 aromatic rings. The van der Waals surface area contributed by atoms with Gasteiger partial charge in [0.05, 0.1) is 24.0 Å². The lowest BCUT2D eigenvalue weighted by atomic mass is 9.99. The summed E-state index contributed by atoms with van der Waals surface area (Å²) in [5, 5.41) is 4.41. The Labute approximate surface area is 192 Å². The van der Waals surface area contributed by atoms with Crippen molar-refractivity contribution in [2.45, 2.75) is 44.3 Å². The number of aryl methyl sites for hydroxylation is 1. The predicted molar refractivity (Wildman–Crippen MR) is 126 cm³/mol. The van der Waals surface area contributed by atoms with Gasteiger partial charge in [-0.25, -0.2) is 4.39 Å². The summed E-state index contributed by atoms with van der Waals surface area (Å²) in [6.45, 7) is 3.84. The van der Waals surface area contributed by atoms with E-state index in [1.807, 2.05) is 6.20 Å². The zero-order valence-corrected chi connectivity index (χ0v) is 18.6. The third-order valence-electron chi connectivity index (χ3n) is 6.73. The van der Waals surface area contributed by atoms with Crippen LogP contribution in [-0.4, -0.2) is 47.2 Å². The molecule has 1 fully saturated rings. The fourth-order valence-electron chi connectivity index (χ4n) is 4.92. The maximum atomic E-state index is 14.6. The Hall–Kier alpha value is -2.81. The summed E-state index contributed by atoms with van der Waals surface area (Å²) in [6, 6.07) is 8.28. The largest absolute Gasteiger partial charge is 0.492 e. The fourth-order valence-corrected chi connectivity index (χ4v) is 4.92. The lowest BCUT2D eigenvalue weighted by Gasteiger charge is -2.34. The molecule has 0 aliphatic carbocycles. The highest BCUT2D eigenvalue weighted by Gasteiger charge is 2.23. The van der Waals surface area contributed by atoms with Crippen LogP contribution in [0.3, 0.4) is 0 Å². The van der Waals surface area contributed by atoms with Crippen molar-refractivity contribution >= 4 is 10.9 Å². The first-order valence-electron chi connectivity index (χ1n) is 11.7. The molecule has 0 bridgehead atoms. The van der Waals surface area contributed by atoms with Gasteiger partial charge in [0.2, 0.25) is 5.56 Å². The number of halogens is 1. The number of H-pyrrole nitrogens is 1. The zero-order chi connectivity index (χ0) is 22.8. The molecule has 2 aromatic heterocycles. The number of aromatic nitrogens is 2. The van der Waals surface area contributed by atoms with E-state index >= 15 is 0 Å². The van der Waals surface area contributed by atoms with Gasteiger partial charge in [-0.3, -0.25) is 9.78 Å². The van der Waals surface area contributed by atoms with Crippen molar-refractivity contribution in [3.63, 3.8) is 0 Å². The normalized spacial score (nSPS) is 18.1. The molecule has 0 unspecified atom stereocenters. The van der Waals surface area contributed by atoms with Crippen LogP contribution in [0, 0.1) is 5.82 Å². The monoisotopic (exact) mass is 451 g/mol. The van der Waals surface area contributed by atoms with Crippen molar-refractivity contribution in [1.82, 2.24) is 20.2 Å². The third-order valence-corrected chi connectivity index (χ3v) is 6.73. The molecule has 0 saturated carbocycles. The van der Waals surface area contributed by atoms with Crippen LogP contribution in [0.15, 0.2) is 41.3 Å². The van der Waals surface area contributed by atoms with Gasteiger partial charge in [-0.15, -0.1) is 0 Å². The summed E-state index contributed by atoms with van der Waals surface area (Å²) in [5.41, 5.74) is 9.35. The first-order valence-corrected chi connectivity index (χ1v) is 11.7. The molecule has 0 radical (unpaired) electrons. The molecule has 4 N–H and O–H groups in total. The van der Waals surface area contributed by atoms with E-state index in [1.165, 1.54) is 17.7 Å². The Morgan fingerprint density at radius 1 is 1.27 bits per heavy atom. The van der Waals surface area contributed by atoms with E-state index in [4.69, 9.17) is 10.5 Å². The van der Waals surface area contributed by atoms with Crippen molar-refractivity contribution in [3.05, 3.63) is 69.5 Å². The highest BCUT2D eigenvalue weighted by atomic mass is 19.1. The van der Waals surface area contributed by atoms with E-state index in [2.05, 4.69) is 26.3 Å². The number of hydrogen-bond donors (Lipinski definition) is 3. The Balaban J connectivity index is 1.16. The number of piperidine rings is 1. The number of nitrogens with one attached hydrogen (secondary N) is 2. The molecule has 1 saturated heterocycles. The lowest BCUT2D eigenvalue weighted by molar-refractivity contribution is 0.187. The van der Waals surface area contributed by atoms with Gasteiger partial charge >= 0.3 is 0 Å². The Kier molecular flexibility index (Phi) is 6.39. The second kappa shape index (κ2) is 9.59. The highest BCUT2D eigenvalue weighted by molar-refractivity contribution is 5.82. The van der Waals surface area contributed by atoms with Crippen LogP contribution < -0.4 is 21.3 Å². The molecule has 5 rings (SSSR count). The number of pyridine rings is 2. The molecule has 0 spiro atoms. The van der Waals surface area contributed by atoms with Crippen LogP contribution in [0.25, 0.3) is 10.9 Å². The summed E-state index contributed by atoms with van der Waals surface area (Å²) in [4.78, 5) is 21.3. The van der Waals surface area contributed by atoms with Crippen molar-refractivity contribution in [2.24, 2.45) is 5.73 Å². The number of hydrogen-bond acceptors (Lipinski definition) is 6. The molecule has 7 nitrogen and oxygen atoms in total. The SMILES string of the molecule is N[C@H](CN1CCC(NCc2cc3c(cn2)OCCC3)CC1)c1c(F)ccc2ccc(=O)[nH]c12. The summed E-state index contributed by atoms with van der Waals surface area (Å²) in [7, 11) is 0. The van der Waals surface area contributed by atoms with E-state index in [0.29, 0.717) is 23.7 Å². The van der Waals surface area contributed by atoms with E-state index in [0.717, 1.165) is 68.8 Å². The third kappa shape index (κ3) is 4.93. The zero-order valence-electron chi connectivity index (χ0n) is 18.6. The summed E-state index contributed by atoms with van der Waals surface area (Å²) >= 11 is 0. The second-order valence-corrected chi connectivity index (χ2v) is 9.05. The highest BCUT2D eigenvalue weighted by Crippen LogP contribution is 2.26. The van der Waals surface area contributed by atoms with Crippen molar-refractivity contribution in [2.75, 3.05) is 26.2 Å². The van der Waals surface area contributed by atoms with Crippen LogP contribution in [0.4, 0.5) is 4.39 Å². The minimum absolute atomic E-state index is 0.255. The van der Waals surface area contributed by atoms with Gasteiger partial charge < -0.3 is 25.7 Å². The molecule has 2 aliphatic heterocycles. The Morgan fingerprint density at radius 3 is 2.94 bits per heavy atom. The molecule has 33 heavy (non-hydrogen) atoms. The molecule has 1 aromatic carbocycles. The minimum atomic E-state index is -0.516. The van der Waals surface area contributed by atoms with Crippen molar-refractivity contribution < 1.29 is 9.13 Å². The number of fused-ring (bicyclic) bond motifs is 2.